The molecule has 0 aliphatic rings. The van der Waals surface area contributed by atoms with Crippen LogP contribution in [0.2, 0.25) is 0 Å². The van der Waals surface area contributed by atoms with Crippen LogP contribution in [0.1, 0.15) is 37.4 Å². The maximum absolute atomic E-state index is 13.7. The highest BCUT2D eigenvalue weighted by atomic mass is 32.1. The van der Waals surface area contributed by atoms with E-state index in [1.165, 1.54) is 7.11 Å². The standard InChI is InChI=1S/C28H24N2O6S/c1-14(13-31)6-7-15-4-3-5-17-20(12-30-23(15)17)24(32)27-25(33)22(26(37-27)28(34)35)19-11-29-21-9-8-16(36-2)10-18(19)21/h3-6,8-12,29-31,33H,7,13H2,1-2H3,(H,34,35)/b14-6+. The molecule has 9 heteroatoms. The van der Waals surface area contributed by atoms with Gasteiger partial charge in [0.1, 0.15) is 21.3 Å². The average molecular weight is 517 g/mol. The number of aromatic nitrogens is 2. The molecule has 0 bridgehead atoms. The third-order valence-corrected chi connectivity index (χ3v) is 7.57. The molecule has 3 heterocycles. The molecule has 188 valence electrons. The number of thiophene rings is 1. The largest absolute Gasteiger partial charge is 0.506 e. The number of ether oxygens (including phenoxy) is 1. The molecule has 0 aliphatic heterocycles. The van der Waals surface area contributed by atoms with Gasteiger partial charge in [0.15, 0.2) is 0 Å². The highest BCUT2D eigenvalue weighted by molar-refractivity contribution is 7.17. The number of aromatic hydroxyl groups is 1. The lowest BCUT2D eigenvalue weighted by Crippen LogP contribution is -1.98. The van der Waals surface area contributed by atoms with Crippen LogP contribution < -0.4 is 4.74 Å². The molecule has 0 saturated heterocycles. The summed E-state index contributed by atoms with van der Waals surface area (Å²) >= 11 is 0.752. The SMILES string of the molecule is COc1ccc2[nH]cc(-c3c(C(=O)O)sc(C(=O)c4c[nH]c5c(C/C=C(\C)CO)cccc45)c3O)c2c1. The summed E-state index contributed by atoms with van der Waals surface area (Å²) in [4.78, 5) is 31.9. The number of allylic oxidation sites excluding steroid dienone is 1. The molecule has 0 amide bonds. The van der Waals surface area contributed by atoms with Crippen LogP contribution in [-0.4, -0.2) is 50.8 Å². The quantitative estimate of drug-likeness (QED) is 0.136. The van der Waals surface area contributed by atoms with Gasteiger partial charge < -0.3 is 30.0 Å². The number of carbonyl (C=O) groups is 2. The van der Waals surface area contributed by atoms with E-state index in [1.54, 1.807) is 36.7 Å². The van der Waals surface area contributed by atoms with E-state index in [-0.39, 0.29) is 27.7 Å². The number of hydrogen-bond donors (Lipinski definition) is 5. The minimum atomic E-state index is -1.24. The first-order valence-electron chi connectivity index (χ1n) is 11.5. The molecule has 0 spiro atoms. The van der Waals surface area contributed by atoms with Crippen LogP contribution in [0.5, 0.6) is 11.5 Å². The molecule has 2 aromatic carbocycles. The Morgan fingerprint density at radius 1 is 1.08 bits per heavy atom. The number of fused-ring (bicyclic) bond motifs is 2. The van der Waals surface area contributed by atoms with Crippen molar-refractivity contribution in [3.63, 3.8) is 0 Å². The first-order chi connectivity index (χ1) is 17.8. The minimum absolute atomic E-state index is 0.0282. The highest BCUT2D eigenvalue weighted by Crippen LogP contribution is 2.46. The molecule has 0 fully saturated rings. The summed E-state index contributed by atoms with van der Waals surface area (Å²) in [6.45, 7) is 1.81. The zero-order valence-electron chi connectivity index (χ0n) is 20.1. The number of carboxylic acid groups (broad SMARTS) is 1. The molecule has 0 radical (unpaired) electrons. The summed E-state index contributed by atoms with van der Waals surface area (Å²) in [5.41, 5.74) is 4.18. The van der Waals surface area contributed by atoms with Gasteiger partial charge in [0.25, 0.3) is 0 Å². The normalized spacial score (nSPS) is 11.9. The number of carboxylic acids is 1. The van der Waals surface area contributed by atoms with E-state index in [2.05, 4.69) is 9.97 Å². The van der Waals surface area contributed by atoms with Gasteiger partial charge in [-0.1, -0.05) is 29.8 Å². The van der Waals surface area contributed by atoms with E-state index in [4.69, 9.17) is 4.74 Å². The maximum atomic E-state index is 13.7. The number of nitrogens with one attached hydrogen (secondary N) is 2. The number of para-hydroxylation sites is 1. The highest BCUT2D eigenvalue weighted by Gasteiger charge is 2.30. The topological polar surface area (TPSA) is 136 Å². The van der Waals surface area contributed by atoms with Crippen LogP contribution >= 0.6 is 11.3 Å². The van der Waals surface area contributed by atoms with Gasteiger partial charge in [-0.05, 0) is 37.1 Å². The Balaban J connectivity index is 1.62. The molecule has 5 aromatic rings. The van der Waals surface area contributed by atoms with E-state index < -0.39 is 11.8 Å². The summed E-state index contributed by atoms with van der Waals surface area (Å²) in [7, 11) is 1.53. The number of benzene rings is 2. The van der Waals surface area contributed by atoms with E-state index in [0.717, 1.165) is 33.5 Å². The molecule has 0 aliphatic carbocycles. The number of carbonyl (C=O) groups excluding carboxylic acids is 1. The molecule has 8 nitrogen and oxygen atoms in total. The smallest absolute Gasteiger partial charge is 0.346 e. The molecule has 0 saturated carbocycles. The van der Waals surface area contributed by atoms with Gasteiger partial charge >= 0.3 is 5.97 Å². The lowest BCUT2D eigenvalue weighted by Gasteiger charge is -2.04. The summed E-state index contributed by atoms with van der Waals surface area (Å²) < 4.78 is 5.31. The zero-order valence-corrected chi connectivity index (χ0v) is 20.9. The minimum Gasteiger partial charge on any atom is -0.506 e. The summed E-state index contributed by atoms with van der Waals surface area (Å²) in [5, 5.41) is 31.8. The Morgan fingerprint density at radius 2 is 1.89 bits per heavy atom. The summed E-state index contributed by atoms with van der Waals surface area (Å²) in [6, 6.07) is 10.9. The number of aromatic carboxylic acids is 1. The van der Waals surface area contributed by atoms with Crippen molar-refractivity contribution in [2.24, 2.45) is 0 Å². The lowest BCUT2D eigenvalue weighted by atomic mass is 10.0. The predicted octanol–water partition coefficient (Wildman–Crippen LogP) is 5.50. The predicted molar refractivity (Wildman–Crippen MR) is 143 cm³/mol. The van der Waals surface area contributed by atoms with E-state index in [1.807, 2.05) is 25.1 Å². The van der Waals surface area contributed by atoms with Gasteiger partial charge in [0.2, 0.25) is 5.78 Å². The van der Waals surface area contributed by atoms with Gasteiger partial charge in [0, 0.05) is 45.3 Å². The fourth-order valence-corrected chi connectivity index (χ4v) is 5.46. The number of aliphatic hydroxyl groups excluding tert-OH is 1. The molecular weight excluding hydrogens is 492 g/mol. The second kappa shape index (κ2) is 9.61. The van der Waals surface area contributed by atoms with Crippen molar-refractivity contribution in [3.05, 3.63) is 81.3 Å². The van der Waals surface area contributed by atoms with Crippen molar-refractivity contribution in [1.29, 1.82) is 0 Å². The number of aromatic amines is 2. The molecule has 5 rings (SSSR count). The second-order valence-corrected chi connectivity index (χ2v) is 9.71. The third kappa shape index (κ3) is 4.18. The number of methoxy groups -OCH3 is 1. The Labute approximate surface area is 215 Å². The van der Waals surface area contributed by atoms with Crippen LogP contribution in [-0.2, 0) is 6.42 Å². The Hall–Kier alpha value is -4.34. The van der Waals surface area contributed by atoms with E-state index in [9.17, 15) is 24.9 Å². The van der Waals surface area contributed by atoms with Crippen LogP contribution in [0.4, 0.5) is 0 Å². The van der Waals surface area contributed by atoms with Crippen molar-refractivity contribution in [3.8, 4) is 22.6 Å². The second-order valence-electron chi connectivity index (χ2n) is 8.69. The number of H-pyrrole nitrogens is 2. The Morgan fingerprint density at radius 3 is 2.62 bits per heavy atom. The first kappa shape index (κ1) is 24.4. The monoisotopic (exact) mass is 516 g/mol. The van der Waals surface area contributed by atoms with Crippen LogP contribution in [0, 0.1) is 0 Å². The van der Waals surface area contributed by atoms with Crippen molar-refractivity contribution >= 4 is 44.9 Å². The summed E-state index contributed by atoms with van der Waals surface area (Å²) in [5.74, 6) is -1.50. The van der Waals surface area contributed by atoms with Gasteiger partial charge in [-0.3, -0.25) is 4.79 Å². The fourth-order valence-electron chi connectivity index (χ4n) is 4.46. The molecule has 0 atom stereocenters. The Kier molecular flexibility index (Phi) is 6.32. The summed E-state index contributed by atoms with van der Waals surface area (Å²) in [6.07, 6.45) is 5.69. The van der Waals surface area contributed by atoms with Crippen molar-refractivity contribution in [2.75, 3.05) is 13.7 Å². The molecule has 37 heavy (non-hydrogen) atoms. The number of aliphatic hydroxyl groups is 1. The van der Waals surface area contributed by atoms with Crippen molar-refractivity contribution in [1.82, 2.24) is 9.97 Å². The number of hydrogen-bond acceptors (Lipinski definition) is 6. The molecular formula is C28H24N2O6S. The van der Waals surface area contributed by atoms with Crippen LogP contribution in [0.3, 0.4) is 0 Å². The van der Waals surface area contributed by atoms with Gasteiger partial charge in [-0.15, -0.1) is 11.3 Å². The van der Waals surface area contributed by atoms with Gasteiger partial charge in [-0.25, -0.2) is 4.79 Å². The number of ketones is 1. The zero-order chi connectivity index (χ0) is 26.3. The molecule has 5 N–H and O–H groups in total. The Bertz CT molecular complexity index is 1700. The third-order valence-electron chi connectivity index (χ3n) is 6.41. The fraction of sp³-hybridized carbons (Fsp3) is 0.143. The van der Waals surface area contributed by atoms with E-state index >= 15 is 0 Å². The maximum Gasteiger partial charge on any atom is 0.346 e. The molecule has 3 aromatic heterocycles. The van der Waals surface area contributed by atoms with Gasteiger partial charge in [-0.2, -0.15) is 0 Å². The van der Waals surface area contributed by atoms with Gasteiger partial charge in [0.05, 0.1) is 19.3 Å². The first-order valence-corrected chi connectivity index (χ1v) is 12.3. The van der Waals surface area contributed by atoms with Crippen molar-refractivity contribution in [2.45, 2.75) is 13.3 Å². The van der Waals surface area contributed by atoms with Crippen molar-refractivity contribution < 1.29 is 29.6 Å². The molecule has 0 unspecified atom stereocenters. The number of rotatable bonds is 8. The van der Waals surface area contributed by atoms with Crippen LogP contribution in [0.15, 0.2) is 60.4 Å². The van der Waals surface area contributed by atoms with E-state index in [0.29, 0.717) is 34.1 Å². The van der Waals surface area contributed by atoms with Crippen LogP contribution in [0.25, 0.3) is 32.9 Å². The lowest BCUT2D eigenvalue weighted by molar-refractivity contribution is 0.0702. The average Bonchev–Trinajstić information content (AvgIpc) is 3.61.